The fourth-order valence-electron chi connectivity index (χ4n) is 2.05. The van der Waals surface area contributed by atoms with Crippen molar-refractivity contribution in [3.8, 4) is 0 Å². The zero-order valence-electron chi connectivity index (χ0n) is 15.4. The van der Waals surface area contributed by atoms with E-state index in [0.29, 0.717) is 0 Å². The third kappa shape index (κ3) is 10.7. The molecule has 0 aromatic heterocycles. The minimum Gasteiger partial charge on any atom is -0.480 e. The van der Waals surface area contributed by atoms with Gasteiger partial charge >= 0.3 is 12.1 Å². The van der Waals surface area contributed by atoms with Gasteiger partial charge in [-0.15, -0.1) is 0 Å². The Bertz CT molecular complexity index is 741. The molecule has 0 radical (unpaired) electrons. The molecule has 1 aromatic carbocycles. The van der Waals surface area contributed by atoms with Gasteiger partial charge in [-0.2, -0.15) is 0 Å². The fourth-order valence-corrected chi connectivity index (χ4v) is 2.05. The first-order valence-corrected chi connectivity index (χ1v) is 8.45. The lowest BCUT2D eigenvalue weighted by Gasteiger charge is -2.14. The van der Waals surface area contributed by atoms with E-state index in [4.69, 9.17) is 15.6 Å². The lowest BCUT2D eigenvalue weighted by atomic mass is 10.1. The van der Waals surface area contributed by atoms with Crippen LogP contribution in [-0.4, -0.2) is 53.2 Å². The summed E-state index contributed by atoms with van der Waals surface area (Å²) in [7, 11) is 0. The molecule has 0 heterocycles. The topological polar surface area (TPSA) is 198 Å². The summed E-state index contributed by atoms with van der Waals surface area (Å²) in [5.41, 5.74) is 7.64. The number of guanidine groups is 1. The molecule has 0 saturated heterocycles. The van der Waals surface area contributed by atoms with Gasteiger partial charge in [-0.25, -0.2) is 24.7 Å². The summed E-state index contributed by atoms with van der Waals surface area (Å²) in [6, 6.07) is 7.70. The van der Waals surface area contributed by atoms with Crippen LogP contribution in [0.3, 0.4) is 0 Å². The number of carbonyl (C=O) groups excluding carboxylic acids is 2. The van der Waals surface area contributed by atoms with Gasteiger partial charge in [-0.3, -0.25) is 4.79 Å². The Balaban J connectivity index is 2.31. The zero-order valence-corrected chi connectivity index (χ0v) is 15.4. The Kier molecular flexibility index (Phi) is 9.96. The molecule has 0 aliphatic carbocycles. The molecule has 158 valence electrons. The number of hydrazine groups is 1. The number of rotatable bonds is 11. The number of hydrogen-bond donors (Lipinski definition) is 5. The minimum absolute atomic E-state index is 0.00870. The highest BCUT2D eigenvalue weighted by atomic mass is 16.7. The van der Waals surface area contributed by atoms with Crippen molar-refractivity contribution >= 4 is 23.9 Å². The predicted octanol–water partition coefficient (Wildman–Crippen LogP) is -0.642. The van der Waals surface area contributed by atoms with Gasteiger partial charge in [0.2, 0.25) is 5.91 Å². The van der Waals surface area contributed by atoms with Crippen LogP contribution in [0.25, 0.3) is 0 Å². The molecule has 0 aliphatic heterocycles. The van der Waals surface area contributed by atoms with Gasteiger partial charge in [0.25, 0.3) is 5.96 Å². The maximum absolute atomic E-state index is 11.8. The van der Waals surface area contributed by atoms with Crippen molar-refractivity contribution in [1.82, 2.24) is 16.1 Å². The number of alkyl carbamates (subject to hydrolysis) is 1. The third-order valence-electron chi connectivity index (χ3n) is 3.38. The van der Waals surface area contributed by atoms with E-state index in [1.54, 1.807) is 29.7 Å². The number of amides is 2. The number of benzene rings is 1. The number of nitrogens with one attached hydrogen (secondary N) is 3. The molecule has 1 rings (SSSR count). The van der Waals surface area contributed by atoms with Crippen LogP contribution in [0.4, 0.5) is 4.79 Å². The zero-order chi connectivity index (χ0) is 21.6. The SMILES string of the molecule is NC(=NCCCC(NC(=O)CNC(=O)OCc1ccccc1)C(=O)O)N[N+](=O)[O-]. The molecule has 0 fully saturated rings. The second kappa shape index (κ2) is 12.5. The van der Waals surface area contributed by atoms with E-state index in [2.05, 4.69) is 15.6 Å². The largest absolute Gasteiger partial charge is 0.480 e. The summed E-state index contributed by atoms with van der Waals surface area (Å²) in [5.74, 6) is -2.40. The van der Waals surface area contributed by atoms with Crippen LogP contribution in [-0.2, 0) is 20.9 Å². The molecule has 1 aromatic rings. The van der Waals surface area contributed by atoms with Gasteiger partial charge in [0.05, 0.1) is 0 Å². The van der Waals surface area contributed by atoms with Crippen LogP contribution in [0.1, 0.15) is 18.4 Å². The molecule has 0 saturated carbocycles. The Labute approximate surface area is 165 Å². The molecule has 1 atom stereocenters. The maximum Gasteiger partial charge on any atom is 0.407 e. The first-order chi connectivity index (χ1) is 13.8. The Morgan fingerprint density at radius 2 is 1.97 bits per heavy atom. The number of carboxylic acid groups (broad SMARTS) is 1. The highest BCUT2D eigenvalue weighted by Gasteiger charge is 2.19. The van der Waals surface area contributed by atoms with Crippen molar-refractivity contribution in [2.75, 3.05) is 13.1 Å². The van der Waals surface area contributed by atoms with E-state index in [-0.39, 0.29) is 26.0 Å². The summed E-state index contributed by atoms with van der Waals surface area (Å²) in [4.78, 5) is 48.4. The van der Waals surface area contributed by atoms with Crippen LogP contribution in [0.15, 0.2) is 35.3 Å². The number of carboxylic acids is 1. The smallest absolute Gasteiger partial charge is 0.407 e. The summed E-state index contributed by atoms with van der Waals surface area (Å²) >= 11 is 0. The minimum atomic E-state index is -1.27. The predicted molar refractivity (Wildman–Crippen MR) is 100 cm³/mol. The van der Waals surface area contributed by atoms with E-state index in [1.807, 2.05) is 6.07 Å². The van der Waals surface area contributed by atoms with Crippen molar-refractivity contribution in [3.05, 3.63) is 46.0 Å². The summed E-state index contributed by atoms with van der Waals surface area (Å²) in [5, 5.41) is 22.9. The van der Waals surface area contributed by atoms with Gasteiger partial charge in [0, 0.05) is 6.54 Å². The van der Waals surface area contributed by atoms with Crippen LogP contribution >= 0.6 is 0 Å². The Morgan fingerprint density at radius 3 is 2.59 bits per heavy atom. The number of nitrogens with zero attached hydrogens (tertiary/aromatic N) is 2. The molecule has 13 heteroatoms. The molecule has 0 aliphatic rings. The van der Waals surface area contributed by atoms with Gasteiger partial charge in [-0.1, -0.05) is 35.8 Å². The first-order valence-electron chi connectivity index (χ1n) is 8.45. The highest BCUT2D eigenvalue weighted by Crippen LogP contribution is 2.01. The molecule has 2 amide bonds. The Hall–Kier alpha value is -3.90. The van der Waals surface area contributed by atoms with Crippen LogP contribution in [0.2, 0.25) is 0 Å². The van der Waals surface area contributed by atoms with Crippen LogP contribution < -0.4 is 21.8 Å². The molecule has 13 nitrogen and oxygen atoms in total. The van der Waals surface area contributed by atoms with E-state index < -0.39 is 41.5 Å². The van der Waals surface area contributed by atoms with Gasteiger partial charge < -0.3 is 26.2 Å². The molecular formula is C16H22N6O7. The third-order valence-corrected chi connectivity index (χ3v) is 3.38. The number of hydrogen-bond acceptors (Lipinski definition) is 7. The van der Waals surface area contributed by atoms with Crippen molar-refractivity contribution in [2.45, 2.75) is 25.5 Å². The van der Waals surface area contributed by atoms with Gasteiger partial charge in [-0.05, 0) is 18.4 Å². The molecule has 29 heavy (non-hydrogen) atoms. The number of aliphatic carboxylic acids is 1. The lowest BCUT2D eigenvalue weighted by Crippen LogP contribution is -2.45. The van der Waals surface area contributed by atoms with E-state index in [9.17, 15) is 24.5 Å². The number of ether oxygens (including phenoxy) is 1. The summed E-state index contributed by atoms with van der Waals surface area (Å²) < 4.78 is 4.93. The number of nitrogens with two attached hydrogens (primary N) is 1. The van der Waals surface area contributed by atoms with E-state index in [0.717, 1.165) is 5.56 Å². The van der Waals surface area contributed by atoms with Crippen molar-refractivity contribution in [2.24, 2.45) is 10.7 Å². The maximum atomic E-state index is 11.8. The van der Waals surface area contributed by atoms with Crippen LogP contribution in [0.5, 0.6) is 0 Å². The van der Waals surface area contributed by atoms with Gasteiger partial charge in [0.1, 0.15) is 19.2 Å². The molecule has 0 spiro atoms. The monoisotopic (exact) mass is 410 g/mol. The quantitative estimate of drug-likeness (QED) is 0.103. The molecule has 6 N–H and O–H groups in total. The fraction of sp³-hybridized carbons (Fsp3) is 0.375. The van der Waals surface area contributed by atoms with E-state index in [1.165, 1.54) is 0 Å². The van der Waals surface area contributed by atoms with Crippen LogP contribution in [0, 0.1) is 10.1 Å². The first kappa shape index (κ1) is 23.1. The average molecular weight is 410 g/mol. The van der Waals surface area contributed by atoms with Gasteiger partial charge in [0.15, 0.2) is 5.03 Å². The highest BCUT2D eigenvalue weighted by molar-refractivity contribution is 5.86. The second-order valence-corrected chi connectivity index (χ2v) is 5.65. The number of carbonyl (C=O) groups is 3. The second-order valence-electron chi connectivity index (χ2n) is 5.65. The lowest BCUT2D eigenvalue weighted by molar-refractivity contribution is -0.525. The van der Waals surface area contributed by atoms with Crippen molar-refractivity contribution in [1.29, 1.82) is 0 Å². The number of nitro groups is 1. The summed E-state index contributed by atoms with van der Waals surface area (Å²) in [6.45, 7) is -0.410. The normalized spacial score (nSPS) is 11.8. The molecule has 1 unspecified atom stereocenters. The van der Waals surface area contributed by atoms with Crippen molar-refractivity contribution in [3.63, 3.8) is 0 Å². The summed E-state index contributed by atoms with van der Waals surface area (Å²) in [6.07, 6.45) is -0.613. The molecule has 0 bridgehead atoms. The Morgan fingerprint density at radius 1 is 1.28 bits per heavy atom. The molecular weight excluding hydrogens is 388 g/mol. The number of aliphatic imine (C=N–C) groups is 1. The van der Waals surface area contributed by atoms with E-state index >= 15 is 0 Å². The standard InChI is InChI=1S/C16H22N6O7/c17-15(21-22(27)28)18-8-4-7-12(14(24)25)20-13(23)9-19-16(26)29-10-11-5-2-1-3-6-11/h1-3,5-6,12H,4,7-10H2,(H,19,26)(H,20,23)(H,24,25)(H3,17,18,21). The average Bonchev–Trinajstić information content (AvgIpc) is 2.67. The van der Waals surface area contributed by atoms with Crippen molar-refractivity contribution < 1.29 is 29.3 Å².